The molecule has 2 aromatic rings. The van der Waals surface area contributed by atoms with Crippen LogP contribution in [0, 0.1) is 10.1 Å². The maximum absolute atomic E-state index is 12.1. The molecular formula is C11H13N5O4S. The number of aromatic amines is 1. The first-order chi connectivity index (χ1) is 9.94. The molecule has 0 unspecified atom stereocenters. The lowest BCUT2D eigenvalue weighted by Gasteiger charge is -2.08. The molecule has 0 saturated heterocycles. The van der Waals surface area contributed by atoms with E-state index in [4.69, 9.17) is 0 Å². The molecule has 0 saturated carbocycles. The molecule has 0 radical (unpaired) electrons. The molecule has 0 aliphatic carbocycles. The van der Waals surface area contributed by atoms with Crippen molar-refractivity contribution in [3.63, 3.8) is 0 Å². The van der Waals surface area contributed by atoms with Gasteiger partial charge in [-0.3, -0.25) is 19.9 Å². The predicted octanol–water partition coefficient (Wildman–Crippen LogP) is 1.55. The van der Waals surface area contributed by atoms with E-state index in [9.17, 15) is 18.5 Å². The number of rotatable bonds is 6. The number of H-pyrrole nitrogens is 1. The van der Waals surface area contributed by atoms with Crippen LogP contribution in [0.2, 0.25) is 0 Å². The molecule has 0 bridgehead atoms. The van der Waals surface area contributed by atoms with Crippen molar-refractivity contribution in [1.29, 1.82) is 0 Å². The number of hydrogen-bond donors (Lipinski definition) is 3. The summed E-state index contributed by atoms with van der Waals surface area (Å²) in [5, 5.41) is 19.9. The first-order valence-electron chi connectivity index (χ1n) is 5.98. The van der Waals surface area contributed by atoms with Gasteiger partial charge in [0.15, 0.2) is 0 Å². The first kappa shape index (κ1) is 14.8. The van der Waals surface area contributed by atoms with Crippen molar-refractivity contribution in [3.8, 4) is 0 Å². The van der Waals surface area contributed by atoms with Gasteiger partial charge < -0.3 is 5.32 Å². The van der Waals surface area contributed by atoms with Gasteiger partial charge in [-0.2, -0.15) is 5.10 Å². The SMILES string of the molecule is CCNc1ccc(S(=O)(=O)Nc2cn[nH]c2)cc1[N+](=O)[O-]. The second-order valence-electron chi connectivity index (χ2n) is 4.06. The van der Waals surface area contributed by atoms with Crippen LogP contribution in [0.1, 0.15) is 6.92 Å². The van der Waals surface area contributed by atoms with Gasteiger partial charge in [0.2, 0.25) is 0 Å². The zero-order valence-corrected chi connectivity index (χ0v) is 11.8. The summed E-state index contributed by atoms with van der Waals surface area (Å²) in [6, 6.07) is 3.68. The Morgan fingerprint density at radius 1 is 1.43 bits per heavy atom. The second-order valence-corrected chi connectivity index (χ2v) is 5.74. The number of nitro groups is 1. The highest BCUT2D eigenvalue weighted by molar-refractivity contribution is 7.92. The van der Waals surface area contributed by atoms with Crippen LogP contribution in [0.15, 0.2) is 35.5 Å². The van der Waals surface area contributed by atoms with Gasteiger partial charge in [0.05, 0.1) is 21.7 Å². The van der Waals surface area contributed by atoms with Crippen LogP contribution < -0.4 is 10.0 Å². The molecule has 0 amide bonds. The highest BCUT2D eigenvalue weighted by Gasteiger charge is 2.21. The molecule has 0 fully saturated rings. The van der Waals surface area contributed by atoms with Gasteiger partial charge in [-0.15, -0.1) is 0 Å². The predicted molar refractivity (Wildman–Crippen MR) is 76.7 cm³/mol. The van der Waals surface area contributed by atoms with Crippen molar-refractivity contribution in [3.05, 3.63) is 40.7 Å². The topological polar surface area (TPSA) is 130 Å². The van der Waals surface area contributed by atoms with Gasteiger partial charge in [0.1, 0.15) is 5.69 Å². The van der Waals surface area contributed by atoms with E-state index in [2.05, 4.69) is 20.2 Å². The Hall–Kier alpha value is -2.62. The molecule has 2 rings (SSSR count). The van der Waals surface area contributed by atoms with Gasteiger partial charge in [-0.05, 0) is 19.1 Å². The Bertz CT molecular complexity index is 742. The summed E-state index contributed by atoms with van der Waals surface area (Å²) < 4.78 is 26.6. The second kappa shape index (κ2) is 5.79. The summed E-state index contributed by atoms with van der Waals surface area (Å²) in [5.74, 6) is 0. The van der Waals surface area contributed by atoms with E-state index >= 15 is 0 Å². The fourth-order valence-corrected chi connectivity index (χ4v) is 2.74. The lowest BCUT2D eigenvalue weighted by Crippen LogP contribution is -2.13. The largest absolute Gasteiger partial charge is 0.380 e. The highest BCUT2D eigenvalue weighted by Crippen LogP contribution is 2.28. The highest BCUT2D eigenvalue weighted by atomic mass is 32.2. The summed E-state index contributed by atoms with van der Waals surface area (Å²) in [6.45, 7) is 2.27. The Morgan fingerprint density at radius 3 is 2.76 bits per heavy atom. The number of sulfonamides is 1. The van der Waals surface area contributed by atoms with E-state index in [1.807, 2.05) is 0 Å². The Balaban J connectivity index is 2.39. The summed E-state index contributed by atoms with van der Waals surface area (Å²) in [5.41, 5.74) is 0.213. The van der Waals surface area contributed by atoms with Gasteiger partial charge in [-0.1, -0.05) is 0 Å². The van der Waals surface area contributed by atoms with Crippen molar-refractivity contribution in [2.75, 3.05) is 16.6 Å². The smallest absolute Gasteiger partial charge is 0.293 e. The molecule has 1 heterocycles. The minimum absolute atomic E-state index is 0.197. The van der Waals surface area contributed by atoms with Crippen molar-refractivity contribution < 1.29 is 13.3 Å². The third-order valence-corrected chi connectivity index (χ3v) is 3.97. The molecule has 0 aliphatic rings. The molecular weight excluding hydrogens is 298 g/mol. The van der Waals surface area contributed by atoms with Gasteiger partial charge in [-0.25, -0.2) is 8.42 Å². The van der Waals surface area contributed by atoms with E-state index in [1.165, 1.54) is 24.5 Å². The van der Waals surface area contributed by atoms with E-state index in [0.29, 0.717) is 6.54 Å². The number of anilines is 2. The van der Waals surface area contributed by atoms with Gasteiger partial charge >= 0.3 is 0 Å². The molecule has 9 nitrogen and oxygen atoms in total. The van der Waals surface area contributed by atoms with E-state index in [-0.39, 0.29) is 22.0 Å². The normalized spacial score (nSPS) is 11.1. The van der Waals surface area contributed by atoms with Crippen molar-refractivity contribution in [1.82, 2.24) is 10.2 Å². The molecule has 1 aromatic carbocycles. The number of aromatic nitrogens is 2. The molecule has 21 heavy (non-hydrogen) atoms. The number of nitro benzene ring substituents is 1. The summed E-state index contributed by atoms with van der Waals surface area (Å²) in [6.07, 6.45) is 2.65. The van der Waals surface area contributed by atoms with Crippen molar-refractivity contribution >= 4 is 27.1 Å². The van der Waals surface area contributed by atoms with Crippen LogP contribution in [0.4, 0.5) is 17.1 Å². The van der Waals surface area contributed by atoms with Gasteiger partial charge in [0.25, 0.3) is 15.7 Å². The Morgan fingerprint density at radius 2 is 2.19 bits per heavy atom. The Kier molecular flexibility index (Phi) is 4.08. The monoisotopic (exact) mass is 311 g/mol. The van der Waals surface area contributed by atoms with Crippen LogP contribution in [-0.4, -0.2) is 30.1 Å². The van der Waals surface area contributed by atoms with Crippen molar-refractivity contribution in [2.24, 2.45) is 0 Å². The van der Waals surface area contributed by atoms with Crippen LogP contribution >= 0.6 is 0 Å². The number of nitrogens with one attached hydrogen (secondary N) is 3. The maximum atomic E-state index is 12.1. The van der Waals surface area contributed by atoms with Gasteiger partial charge in [0, 0.05) is 18.8 Å². The third-order valence-electron chi connectivity index (χ3n) is 2.59. The lowest BCUT2D eigenvalue weighted by atomic mass is 10.2. The van der Waals surface area contributed by atoms with E-state index in [1.54, 1.807) is 6.92 Å². The standard InChI is InChI=1S/C11H13N5O4S/c1-2-12-10-4-3-9(5-11(10)16(17)18)21(19,20)15-8-6-13-14-7-8/h3-7,12,15H,2H2,1H3,(H,13,14). The molecule has 0 spiro atoms. The molecule has 112 valence electrons. The van der Waals surface area contributed by atoms with E-state index in [0.717, 1.165) is 6.07 Å². The quantitative estimate of drug-likeness (QED) is 0.548. The average molecular weight is 311 g/mol. The molecule has 10 heteroatoms. The Labute approximate surface area is 120 Å². The zero-order chi connectivity index (χ0) is 15.5. The lowest BCUT2D eigenvalue weighted by molar-refractivity contribution is -0.384. The zero-order valence-electron chi connectivity index (χ0n) is 11.0. The maximum Gasteiger partial charge on any atom is 0.293 e. The molecule has 0 atom stereocenters. The summed E-state index contributed by atoms with van der Waals surface area (Å²) >= 11 is 0. The first-order valence-corrected chi connectivity index (χ1v) is 7.46. The number of hydrogen-bond acceptors (Lipinski definition) is 6. The van der Waals surface area contributed by atoms with Crippen LogP contribution in [0.3, 0.4) is 0 Å². The summed E-state index contributed by atoms with van der Waals surface area (Å²) in [4.78, 5) is 10.2. The van der Waals surface area contributed by atoms with E-state index < -0.39 is 14.9 Å². The van der Waals surface area contributed by atoms with Crippen molar-refractivity contribution in [2.45, 2.75) is 11.8 Å². The minimum Gasteiger partial charge on any atom is -0.380 e. The molecule has 0 aliphatic heterocycles. The summed E-state index contributed by atoms with van der Waals surface area (Å²) in [7, 11) is -3.91. The van der Waals surface area contributed by atoms with Crippen LogP contribution in [0.25, 0.3) is 0 Å². The fourth-order valence-electron chi connectivity index (χ4n) is 1.69. The third kappa shape index (κ3) is 3.28. The average Bonchev–Trinajstić information content (AvgIpc) is 2.91. The minimum atomic E-state index is -3.91. The fraction of sp³-hybridized carbons (Fsp3) is 0.182. The van der Waals surface area contributed by atoms with Crippen LogP contribution in [-0.2, 0) is 10.0 Å². The molecule has 1 aromatic heterocycles. The molecule has 3 N–H and O–H groups in total. The number of benzene rings is 1. The number of nitrogens with zero attached hydrogens (tertiary/aromatic N) is 2. The van der Waals surface area contributed by atoms with Crippen LogP contribution in [0.5, 0.6) is 0 Å².